The van der Waals surface area contributed by atoms with E-state index in [-0.39, 0.29) is 0 Å². The molecule has 0 bridgehead atoms. The third kappa shape index (κ3) is 3.24. The zero-order chi connectivity index (χ0) is 18.1. The van der Waals surface area contributed by atoms with Gasteiger partial charge in [-0.1, -0.05) is 6.92 Å². The predicted molar refractivity (Wildman–Crippen MR) is 97.0 cm³/mol. The second-order valence-corrected chi connectivity index (χ2v) is 6.78. The van der Waals surface area contributed by atoms with E-state index >= 15 is 0 Å². The number of hydrogen-bond acceptors (Lipinski definition) is 6. The molecular formula is C18H23N5O3. The molecule has 0 aromatic carbocycles. The fourth-order valence-corrected chi connectivity index (χ4v) is 3.61. The second-order valence-electron chi connectivity index (χ2n) is 6.78. The minimum atomic E-state index is -0.791. The second kappa shape index (κ2) is 6.95. The molecule has 1 unspecified atom stereocenters. The van der Waals surface area contributed by atoms with Crippen LogP contribution in [-0.2, 0) is 4.79 Å². The van der Waals surface area contributed by atoms with Crippen LogP contribution in [0, 0.1) is 0 Å². The van der Waals surface area contributed by atoms with Crippen molar-refractivity contribution in [2.24, 2.45) is 0 Å². The van der Waals surface area contributed by atoms with Gasteiger partial charge in [-0.05, 0) is 38.1 Å². The third-order valence-electron chi connectivity index (χ3n) is 4.89. The van der Waals surface area contributed by atoms with Crippen molar-refractivity contribution in [2.75, 3.05) is 37.6 Å². The van der Waals surface area contributed by atoms with Crippen molar-refractivity contribution >= 4 is 28.9 Å². The van der Waals surface area contributed by atoms with E-state index in [1.807, 2.05) is 12.1 Å². The number of imide groups is 1. The Balaban J connectivity index is 1.54. The molecule has 2 saturated heterocycles. The summed E-state index contributed by atoms with van der Waals surface area (Å²) in [6.07, 6.45) is 2.29. The Hall–Kier alpha value is -2.61. The Kier molecular flexibility index (Phi) is 4.50. The molecule has 2 aromatic heterocycles. The number of amides is 3. The van der Waals surface area contributed by atoms with Gasteiger partial charge in [0, 0.05) is 25.7 Å². The zero-order valence-corrected chi connectivity index (χ0v) is 14.8. The average molecular weight is 357 g/mol. The van der Waals surface area contributed by atoms with Gasteiger partial charge < -0.3 is 19.5 Å². The highest BCUT2D eigenvalue weighted by Crippen LogP contribution is 2.27. The van der Waals surface area contributed by atoms with Crippen LogP contribution < -0.4 is 15.5 Å². The number of nitrogens with one attached hydrogen (secondary N) is 2. The van der Waals surface area contributed by atoms with Gasteiger partial charge in [-0.25, -0.2) is 9.78 Å². The number of furan rings is 1. The molecule has 0 radical (unpaired) electrons. The first-order chi connectivity index (χ1) is 12.6. The number of anilines is 1. The molecule has 1 atom stereocenters. The first-order valence-corrected chi connectivity index (χ1v) is 9.13. The topological polar surface area (TPSA) is 90.7 Å². The minimum Gasteiger partial charge on any atom is -0.457 e. The van der Waals surface area contributed by atoms with Crippen molar-refractivity contribution < 1.29 is 14.0 Å². The Morgan fingerprint density at radius 2 is 2.12 bits per heavy atom. The molecule has 2 fully saturated rings. The maximum atomic E-state index is 11.8. The van der Waals surface area contributed by atoms with Crippen LogP contribution in [0.1, 0.15) is 31.6 Å². The zero-order valence-electron chi connectivity index (χ0n) is 14.8. The van der Waals surface area contributed by atoms with E-state index in [9.17, 15) is 9.59 Å². The minimum absolute atomic E-state index is 0.401. The highest BCUT2D eigenvalue weighted by Gasteiger charge is 2.33. The monoisotopic (exact) mass is 357 g/mol. The molecule has 26 heavy (non-hydrogen) atoms. The SMILES string of the molecule is CCCN1CCCN(c2ccc3oc(C4NC(=O)NC4=O)cc3n2)CC1. The summed E-state index contributed by atoms with van der Waals surface area (Å²) >= 11 is 0. The Bertz CT molecular complexity index is 833. The number of urea groups is 1. The summed E-state index contributed by atoms with van der Waals surface area (Å²) < 4.78 is 5.72. The summed E-state index contributed by atoms with van der Waals surface area (Å²) in [5, 5.41) is 4.76. The van der Waals surface area contributed by atoms with Gasteiger partial charge >= 0.3 is 6.03 Å². The van der Waals surface area contributed by atoms with Crippen LogP contribution >= 0.6 is 0 Å². The van der Waals surface area contributed by atoms with Gasteiger partial charge in [-0.2, -0.15) is 0 Å². The molecule has 8 nitrogen and oxygen atoms in total. The van der Waals surface area contributed by atoms with Crippen molar-refractivity contribution in [3.8, 4) is 0 Å². The molecule has 3 amide bonds. The van der Waals surface area contributed by atoms with Crippen LogP contribution in [0.2, 0.25) is 0 Å². The summed E-state index contributed by atoms with van der Waals surface area (Å²) in [5.41, 5.74) is 1.31. The highest BCUT2D eigenvalue weighted by atomic mass is 16.3. The standard InChI is InChI=1S/C18H23N5O3/c1-2-6-22-7-3-8-23(10-9-22)15-5-4-13-12(19-15)11-14(26-13)16-17(24)21-18(25)20-16/h4-5,11,16H,2-3,6-10H2,1H3,(H2,20,21,24,25). The number of carbonyl (C=O) groups is 2. The fourth-order valence-electron chi connectivity index (χ4n) is 3.61. The van der Waals surface area contributed by atoms with Gasteiger partial charge in [0.05, 0.1) is 0 Å². The highest BCUT2D eigenvalue weighted by molar-refractivity contribution is 6.04. The molecule has 2 aliphatic heterocycles. The predicted octanol–water partition coefficient (Wildman–Crippen LogP) is 1.63. The number of rotatable bonds is 4. The summed E-state index contributed by atoms with van der Waals surface area (Å²) in [4.78, 5) is 32.6. The van der Waals surface area contributed by atoms with Crippen molar-refractivity contribution in [3.63, 3.8) is 0 Å². The molecule has 0 spiro atoms. The summed E-state index contributed by atoms with van der Waals surface area (Å²) in [6, 6.07) is 4.27. The van der Waals surface area contributed by atoms with Crippen LogP contribution in [-0.4, -0.2) is 54.5 Å². The van der Waals surface area contributed by atoms with Crippen LogP contribution in [0.15, 0.2) is 22.6 Å². The largest absolute Gasteiger partial charge is 0.457 e. The van der Waals surface area contributed by atoms with Gasteiger partial charge in [0.2, 0.25) is 0 Å². The van der Waals surface area contributed by atoms with Crippen molar-refractivity contribution in [2.45, 2.75) is 25.8 Å². The lowest BCUT2D eigenvalue weighted by Crippen LogP contribution is -2.31. The van der Waals surface area contributed by atoms with Crippen LogP contribution in [0.3, 0.4) is 0 Å². The Labute approximate surface area is 151 Å². The number of hydrogen-bond donors (Lipinski definition) is 2. The van der Waals surface area contributed by atoms with Crippen molar-refractivity contribution in [1.82, 2.24) is 20.5 Å². The normalized spacial score (nSPS) is 21.7. The lowest BCUT2D eigenvalue weighted by Gasteiger charge is -2.22. The maximum Gasteiger partial charge on any atom is 0.322 e. The molecule has 2 aromatic rings. The first-order valence-electron chi connectivity index (χ1n) is 9.13. The Morgan fingerprint density at radius 1 is 1.23 bits per heavy atom. The van der Waals surface area contributed by atoms with Crippen molar-refractivity contribution in [3.05, 3.63) is 24.0 Å². The van der Waals surface area contributed by atoms with Gasteiger partial charge in [0.25, 0.3) is 5.91 Å². The van der Waals surface area contributed by atoms with E-state index in [2.05, 4.69) is 27.4 Å². The summed E-state index contributed by atoms with van der Waals surface area (Å²) in [7, 11) is 0. The molecular weight excluding hydrogens is 334 g/mol. The molecule has 138 valence electrons. The molecule has 0 saturated carbocycles. The maximum absolute atomic E-state index is 11.8. The molecule has 4 heterocycles. The number of aromatic nitrogens is 1. The number of carbonyl (C=O) groups excluding carboxylic acids is 2. The van der Waals surface area contributed by atoms with E-state index < -0.39 is 18.0 Å². The van der Waals surface area contributed by atoms with E-state index in [1.165, 1.54) is 6.42 Å². The number of fused-ring (bicyclic) bond motifs is 1. The van der Waals surface area contributed by atoms with Crippen molar-refractivity contribution in [1.29, 1.82) is 0 Å². The van der Waals surface area contributed by atoms with E-state index in [1.54, 1.807) is 6.07 Å². The van der Waals surface area contributed by atoms with E-state index in [0.29, 0.717) is 16.9 Å². The van der Waals surface area contributed by atoms with Gasteiger partial charge in [-0.3, -0.25) is 10.1 Å². The van der Waals surface area contributed by atoms with Crippen LogP contribution in [0.25, 0.3) is 11.1 Å². The first kappa shape index (κ1) is 16.8. The van der Waals surface area contributed by atoms with Crippen LogP contribution in [0.4, 0.5) is 10.6 Å². The smallest absolute Gasteiger partial charge is 0.322 e. The lowest BCUT2D eigenvalue weighted by atomic mass is 10.2. The fraction of sp³-hybridized carbons (Fsp3) is 0.500. The van der Waals surface area contributed by atoms with Gasteiger partial charge in [0.1, 0.15) is 17.1 Å². The number of nitrogens with zero attached hydrogens (tertiary/aromatic N) is 3. The molecule has 4 rings (SSSR count). The van der Waals surface area contributed by atoms with E-state index in [0.717, 1.165) is 45.0 Å². The molecule has 2 N–H and O–H groups in total. The Morgan fingerprint density at radius 3 is 2.88 bits per heavy atom. The van der Waals surface area contributed by atoms with Crippen LogP contribution in [0.5, 0.6) is 0 Å². The average Bonchev–Trinajstić information content (AvgIpc) is 3.10. The quantitative estimate of drug-likeness (QED) is 0.809. The van der Waals surface area contributed by atoms with Gasteiger partial charge in [0.15, 0.2) is 11.6 Å². The molecule has 0 aliphatic carbocycles. The summed E-state index contributed by atoms with van der Waals surface area (Å²) in [5.74, 6) is 0.916. The molecule has 8 heteroatoms. The summed E-state index contributed by atoms with van der Waals surface area (Å²) in [6.45, 7) is 7.44. The third-order valence-corrected chi connectivity index (χ3v) is 4.89. The lowest BCUT2D eigenvalue weighted by molar-refractivity contribution is -0.120. The van der Waals surface area contributed by atoms with E-state index in [4.69, 9.17) is 9.40 Å². The van der Waals surface area contributed by atoms with Gasteiger partial charge in [-0.15, -0.1) is 0 Å². The number of pyridine rings is 1. The molecule has 2 aliphatic rings.